The third kappa shape index (κ3) is 2.92. The number of hydrogen-bond acceptors (Lipinski definition) is 2. The molecule has 1 atom stereocenters. The van der Waals surface area contributed by atoms with Gasteiger partial charge >= 0.3 is 0 Å². The minimum absolute atomic E-state index is 0.143. The van der Waals surface area contributed by atoms with Crippen LogP contribution in [0.4, 0.5) is 14.5 Å². The van der Waals surface area contributed by atoms with E-state index in [0.29, 0.717) is 10.5 Å². The zero-order valence-electron chi connectivity index (χ0n) is 9.40. The third-order valence-electron chi connectivity index (χ3n) is 2.40. The first-order valence-corrected chi connectivity index (χ1v) is 6.56. The van der Waals surface area contributed by atoms with Crippen molar-refractivity contribution in [2.24, 2.45) is 0 Å². The average molecular weight is 267 g/mol. The minimum atomic E-state index is -1.42. The van der Waals surface area contributed by atoms with Gasteiger partial charge in [-0.3, -0.25) is 4.21 Å². The number of hydrogen-bond donors (Lipinski definition) is 1. The highest BCUT2D eigenvalue weighted by atomic mass is 32.2. The van der Waals surface area contributed by atoms with Gasteiger partial charge in [0.25, 0.3) is 0 Å². The van der Waals surface area contributed by atoms with E-state index in [0.717, 1.165) is 6.07 Å². The van der Waals surface area contributed by atoms with Crippen molar-refractivity contribution < 1.29 is 13.0 Å². The van der Waals surface area contributed by atoms with Gasteiger partial charge in [0.05, 0.1) is 27.1 Å². The minimum Gasteiger partial charge on any atom is -0.398 e. The van der Waals surface area contributed by atoms with E-state index in [1.54, 1.807) is 12.1 Å². The lowest BCUT2D eigenvalue weighted by Crippen LogP contribution is -2.01. The molecule has 5 heteroatoms. The van der Waals surface area contributed by atoms with Crippen molar-refractivity contribution in [1.82, 2.24) is 0 Å². The normalized spacial score (nSPS) is 12.3. The number of rotatable bonds is 3. The van der Waals surface area contributed by atoms with Crippen molar-refractivity contribution in [3.05, 3.63) is 59.7 Å². The Morgan fingerprint density at radius 3 is 2.44 bits per heavy atom. The van der Waals surface area contributed by atoms with Crippen molar-refractivity contribution in [3.8, 4) is 0 Å². The molecule has 94 valence electrons. The van der Waals surface area contributed by atoms with E-state index in [2.05, 4.69) is 0 Å². The number of nitrogens with two attached hydrogens (primary N) is 1. The predicted octanol–water partition coefficient (Wildman–Crippen LogP) is 2.85. The summed E-state index contributed by atoms with van der Waals surface area (Å²) >= 11 is 0. The van der Waals surface area contributed by atoms with Gasteiger partial charge in [0.15, 0.2) is 0 Å². The van der Waals surface area contributed by atoms with Gasteiger partial charge in [-0.1, -0.05) is 12.1 Å². The Labute approximate surface area is 106 Å². The molecule has 2 aromatic carbocycles. The van der Waals surface area contributed by atoms with E-state index < -0.39 is 16.6 Å². The van der Waals surface area contributed by atoms with Gasteiger partial charge in [0.2, 0.25) is 0 Å². The molecule has 0 heterocycles. The first kappa shape index (κ1) is 12.7. The van der Waals surface area contributed by atoms with E-state index in [1.807, 2.05) is 0 Å². The van der Waals surface area contributed by atoms with E-state index in [-0.39, 0.29) is 17.3 Å². The second kappa shape index (κ2) is 5.27. The molecule has 2 nitrogen and oxygen atoms in total. The van der Waals surface area contributed by atoms with E-state index in [1.165, 1.54) is 24.3 Å². The molecule has 0 aliphatic carbocycles. The topological polar surface area (TPSA) is 43.1 Å². The van der Waals surface area contributed by atoms with Gasteiger partial charge in [-0.25, -0.2) is 8.78 Å². The lowest BCUT2D eigenvalue weighted by atomic mass is 10.2. The highest BCUT2D eigenvalue weighted by Gasteiger charge is 2.10. The van der Waals surface area contributed by atoms with Crippen LogP contribution in [-0.4, -0.2) is 4.21 Å². The fourth-order valence-electron chi connectivity index (χ4n) is 1.58. The van der Waals surface area contributed by atoms with Gasteiger partial charge in [-0.2, -0.15) is 0 Å². The summed E-state index contributed by atoms with van der Waals surface area (Å²) in [7, 11) is -1.42. The molecular formula is C13H11F2NOS. The number of nitrogen functional groups attached to an aromatic ring is 1. The highest BCUT2D eigenvalue weighted by molar-refractivity contribution is 7.84. The Hall–Kier alpha value is -1.75. The van der Waals surface area contributed by atoms with Gasteiger partial charge in [-0.05, 0) is 35.9 Å². The van der Waals surface area contributed by atoms with Crippen LogP contribution in [0.15, 0.2) is 47.4 Å². The number of halogens is 2. The zero-order valence-corrected chi connectivity index (χ0v) is 10.2. The summed E-state index contributed by atoms with van der Waals surface area (Å²) < 4.78 is 37.9. The molecule has 0 bridgehead atoms. The zero-order chi connectivity index (χ0) is 13.1. The van der Waals surface area contributed by atoms with Crippen LogP contribution in [0.5, 0.6) is 0 Å². The van der Waals surface area contributed by atoms with E-state index >= 15 is 0 Å². The molecule has 0 aliphatic rings. The van der Waals surface area contributed by atoms with Crippen LogP contribution < -0.4 is 5.73 Å². The van der Waals surface area contributed by atoms with Crippen molar-refractivity contribution in [1.29, 1.82) is 0 Å². The van der Waals surface area contributed by atoms with Gasteiger partial charge in [-0.15, -0.1) is 0 Å². The summed E-state index contributed by atoms with van der Waals surface area (Å²) in [6, 6.07) is 9.58. The second-order valence-corrected chi connectivity index (χ2v) is 5.22. The SMILES string of the molecule is Nc1cc(F)ccc1S(=O)Cc1cccc(F)c1. The van der Waals surface area contributed by atoms with Crippen LogP contribution in [0.1, 0.15) is 5.56 Å². The smallest absolute Gasteiger partial charge is 0.125 e. The molecule has 0 amide bonds. The summed E-state index contributed by atoms with van der Waals surface area (Å²) in [6.45, 7) is 0. The van der Waals surface area contributed by atoms with Crippen LogP contribution in [-0.2, 0) is 16.6 Å². The summed E-state index contributed by atoms with van der Waals surface area (Å²) in [5, 5.41) is 0. The molecule has 0 aliphatic heterocycles. The van der Waals surface area contributed by atoms with Gasteiger partial charge < -0.3 is 5.73 Å². The molecular weight excluding hydrogens is 256 g/mol. The lowest BCUT2D eigenvalue weighted by Gasteiger charge is -2.06. The lowest BCUT2D eigenvalue weighted by molar-refractivity contribution is 0.626. The third-order valence-corrected chi connectivity index (χ3v) is 3.86. The maximum absolute atomic E-state index is 13.0. The summed E-state index contributed by atoms with van der Waals surface area (Å²) in [4.78, 5) is 0.362. The monoisotopic (exact) mass is 267 g/mol. The molecule has 0 aromatic heterocycles. The van der Waals surface area contributed by atoms with Crippen LogP contribution in [0.2, 0.25) is 0 Å². The van der Waals surface area contributed by atoms with Gasteiger partial charge in [0.1, 0.15) is 11.6 Å². The molecule has 0 saturated carbocycles. The molecule has 0 saturated heterocycles. The van der Waals surface area contributed by atoms with Crippen LogP contribution in [0.3, 0.4) is 0 Å². The maximum atomic E-state index is 13.0. The van der Waals surface area contributed by atoms with Crippen molar-refractivity contribution >= 4 is 16.5 Å². The molecule has 18 heavy (non-hydrogen) atoms. The quantitative estimate of drug-likeness (QED) is 0.869. The Bertz CT molecular complexity index is 601. The van der Waals surface area contributed by atoms with Gasteiger partial charge in [0, 0.05) is 0 Å². The van der Waals surface area contributed by atoms with E-state index in [9.17, 15) is 13.0 Å². The molecule has 0 spiro atoms. The van der Waals surface area contributed by atoms with Crippen LogP contribution in [0, 0.1) is 11.6 Å². The Morgan fingerprint density at radius 2 is 1.78 bits per heavy atom. The maximum Gasteiger partial charge on any atom is 0.125 e. The first-order valence-electron chi connectivity index (χ1n) is 5.24. The Kier molecular flexibility index (Phi) is 3.72. The first-order chi connectivity index (χ1) is 8.56. The summed E-state index contributed by atoms with van der Waals surface area (Å²) in [5.41, 5.74) is 6.35. The molecule has 2 rings (SSSR count). The summed E-state index contributed by atoms with van der Waals surface area (Å²) in [6.07, 6.45) is 0. The fourth-order valence-corrected chi connectivity index (χ4v) is 2.76. The average Bonchev–Trinajstić information content (AvgIpc) is 2.28. The Morgan fingerprint density at radius 1 is 1.06 bits per heavy atom. The highest BCUT2D eigenvalue weighted by Crippen LogP contribution is 2.20. The predicted molar refractivity (Wildman–Crippen MR) is 67.3 cm³/mol. The van der Waals surface area contributed by atoms with Crippen LogP contribution >= 0.6 is 0 Å². The molecule has 0 fully saturated rings. The second-order valence-electron chi connectivity index (χ2n) is 3.80. The van der Waals surface area contributed by atoms with Crippen molar-refractivity contribution in [2.75, 3.05) is 5.73 Å². The van der Waals surface area contributed by atoms with Crippen molar-refractivity contribution in [3.63, 3.8) is 0 Å². The summed E-state index contributed by atoms with van der Waals surface area (Å²) in [5.74, 6) is -0.705. The largest absolute Gasteiger partial charge is 0.398 e. The standard InChI is InChI=1S/C13H11F2NOS/c14-10-3-1-2-9(6-10)8-18(17)13-5-4-11(15)7-12(13)16/h1-7H,8,16H2. The molecule has 1 unspecified atom stereocenters. The Balaban J connectivity index is 2.22. The number of benzene rings is 2. The fraction of sp³-hybridized carbons (Fsp3) is 0.0769. The van der Waals surface area contributed by atoms with Crippen molar-refractivity contribution in [2.45, 2.75) is 10.6 Å². The van der Waals surface area contributed by atoms with E-state index in [4.69, 9.17) is 5.73 Å². The molecule has 2 aromatic rings. The number of anilines is 1. The van der Waals surface area contributed by atoms with Crippen LogP contribution in [0.25, 0.3) is 0 Å². The molecule has 2 N–H and O–H groups in total. The molecule has 0 radical (unpaired) electrons.